The van der Waals surface area contributed by atoms with Gasteiger partial charge in [-0.15, -0.1) is 0 Å². The molecule has 0 spiro atoms. The van der Waals surface area contributed by atoms with Gasteiger partial charge in [0.05, 0.1) is 83.9 Å². The first-order valence-corrected chi connectivity index (χ1v) is 17.3. The Bertz CT molecular complexity index is 1030. The summed E-state index contributed by atoms with van der Waals surface area (Å²) in [6, 6.07) is 0. The number of ether oxygens (including phenoxy) is 6. The average Bonchev–Trinajstić information content (AvgIpc) is 3.32. The van der Waals surface area contributed by atoms with Crippen molar-refractivity contribution in [1.29, 1.82) is 0 Å². The molecule has 2 aliphatic heterocycles. The lowest BCUT2D eigenvalue weighted by molar-refractivity contribution is -0.183. The zero-order valence-electron chi connectivity index (χ0n) is 27.4. The minimum Gasteiger partial charge on any atom is -0.396 e. The zero-order valence-corrected chi connectivity index (χ0v) is 27.4. The normalized spacial score (nSPS) is 44.3. The van der Waals surface area contributed by atoms with E-state index in [2.05, 4.69) is 13.8 Å². The van der Waals surface area contributed by atoms with E-state index in [4.69, 9.17) is 28.4 Å². The standard InChI is InChI=1S/C34H54F4O7/c1-4-28(15-39,20-42-24-7-9-32(36)14-33(24,37)12-27(32)45-23-30(6-3)18-41-19-30)21-44-26-11-34(38)13-31(26,35)10-8-25(34)43-22-29(5-2)16-40-17-29/h24-27,39H,4-23H2,1-3H3. The summed E-state index contributed by atoms with van der Waals surface area (Å²) in [6.45, 7) is 8.66. The quantitative estimate of drug-likeness (QED) is 0.213. The Hall–Kier alpha value is -0.560. The molecule has 7 nitrogen and oxygen atoms in total. The first-order valence-electron chi connectivity index (χ1n) is 17.3. The second-order valence-electron chi connectivity index (χ2n) is 15.9. The highest BCUT2D eigenvalue weighted by Gasteiger charge is 2.65. The molecule has 6 aliphatic rings. The van der Waals surface area contributed by atoms with Crippen LogP contribution in [0.4, 0.5) is 17.6 Å². The fourth-order valence-corrected chi connectivity index (χ4v) is 8.58. The van der Waals surface area contributed by atoms with Crippen LogP contribution in [0.25, 0.3) is 0 Å². The van der Waals surface area contributed by atoms with Crippen LogP contribution in [-0.2, 0) is 28.4 Å². The van der Waals surface area contributed by atoms with Gasteiger partial charge in [-0.1, -0.05) is 20.8 Å². The van der Waals surface area contributed by atoms with Crippen molar-refractivity contribution in [3.8, 4) is 0 Å². The van der Waals surface area contributed by atoms with Crippen molar-refractivity contribution in [2.45, 2.75) is 138 Å². The van der Waals surface area contributed by atoms with Crippen LogP contribution in [0.5, 0.6) is 0 Å². The molecule has 6 fully saturated rings. The van der Waals surface area contributed by atoms with Gasteiger partial charge in [-0.05, 0) is 44.9 Å². The summed E-state index contributed by atoms with van der Waals surface area (Å²) >= 11 is 0. The number of aliphatic hydroxyl groups is 1. The number of rotatable bonds is 16. The second-order valence-corrected chi connectivity index (χ2v) is 15.9. The summed E-state index contributed by atoms with van der Waals surface area (Å²) in [5.74, 6) is 0. The maximum absolute atomic E-state index is 16.3. The molecule has 11 heteroatoms. The van der Waals surface area contributed by atoms with Gasteiger partial charge in [0, 0.05) is 41.9 Å². The molecule has 4 bridgehead atoms. The molecule has 0 aromatic rings. The maximum atomic E-state index is 16.3. The Labute approximate surface area is 265 Å². The summed E-state index contributed by atoms with van der Waals surface area (Å²) in [6.07, 6.45) is -1.17. The molecule has 0 radical (unpaired) electrons. The third-order valence-electron chi connectivity index (χ3n) is 12.8. The minimum atomic E-state index is -1.88. The van der Waals surface area contributed by atoms with Crippen molar-refractivity contribution in [2.75, 3.05) is 59.5 Å². The van der Waals surface area contributed by atoms with Crippen LogP contribution in [0, 0.1) is 16.2 Å². The molecule has 4 saturated carbocycles. The molecule has 6 rings (SSSR count). The molecule has 0 amide bonds. The van der Waals surface area contributed by atoms with Gasteiger partial charge in [-0.25, -0.2) is 17.6 Å². The highest BCUT2D eigenvalue weighted by atomic mass is 19.2. The van der Waals surface area contributed by atoms with Gasteiger partial charge in [0.25, 0.3) is 0 Å². The predicted octanol–water partition coefficient (Wildman–Crippen LogP) is 5.78. The van der Waals surface area contributed by atoms with Gasteiger partial charge in [0.2, 0.25) is 0 Å². The lowest BCUT2D eigenvalue weighted by Crippen LogP contribution is -2.50. The second kappa shape index (κ2) is 12.4. The molecule has 9 unspecified atom stereocenters. The number of hydrogen-bond donors (Lipinski definition) is 1. The summed E-state index contributed by atoms with van der Waals surface area (Å²) in [5.41, 5.74) is -8.41. The maximum Gasteiger partial charge on any atom is 0.142 e. The van der Waals surface area contributed by atoms with Crippen LogP contribution in [0.3, 0.4) is 0 Å². The van der Waals surface area contributed by atoms with Gasteiger partial charge in [0.1, 0.15) is 22.7 Å². The van der Waals surface area contributed by atoms with E-state index in [1.807, 2.05) is 6.92 Å². The zero-order chi connectivity index (χ0) is 32.2. The minimum absolute atomic E-state index is 0.0306. The van der Waals surface area contributed by atoms with E-state index in [1.54, 1.807) is 0 Å². The number of halogens is 4. The van der Waals surface area contributed by atoms with Crippen molar-refractivity contribution in [3.05, 3.63) is 0 Å². The third-order valence-corrected chi connectivity index (χ3v) is 12.8. The van der Waals surface area contributed by atoms with Gasteiger partial charge in [-0.2, -0.15) is 0 Å². The number of alkyl halides is 4. The average molecular weight is 651 g/mol. The molecule has 45 heavy (non-hydrogen) atoms. The van der Waals surface area contributed by atoms with E-state index in [0.717, 1.165) is 12.8 Å². The molecule has 0 aromatic heterocycles. The monoisotopic (exact) mass is 650 g/mol. The molecular weight excluding hydrogens is 596 g/mol. The van der Waals surface area contributed by atoms with Gasteiger partial charge >= 0.3 is 0 Å². The number of fused-ring (bicyclic) bond motifs is 4. The lowest BCUT2D eigenvalue weighted by Gasteiger charge is -2.43. The summed E-state index contributed by atoms with van der Waals surface area (Å²) in [4.78, 5) is 0. The van der Waals surface area contributed by atoms with Crippen molar-refractivity contribution >= 4 is 0 Å². The largest absolute Gasteiger partial charge is 0.396 e. The summed E-state index contributed by atoms with van der Waals surface area (Å²) in [5, 5.41) is 10.5. The fraction of sp³-hybridized carbons (Fsp3) is 1.00. The Kier molecular flexibility index (Phi) is 9.45. The predicted molar refractivity (Wildman–Crippen MR) is 158 cm³/mol. The smallest absolute Gasteiger partial charge is 0.142 e. The topological polar surface area (TPSA) is 75.6 Å². The van der Waals surface area contributed by atoms with Crippen molar-refractivity contribution in [1.82, 2.24) is 0 Å². The van der Waals surface area contributed by atoms with Gasteiger partial charge < -0.3 is 33.5 Å². The highest BCUT2D eigenvalue weighted by molar-refractivity contribution is 5.15. The van der Waals surface area contributed by atoms with E-state index in [1.165, 1.54) is 0 Å². The van der Waals surface area contributed by atoms with Crippen LogP contribution in [0.15, 0.2) is 0 Å². The Balaban J connectivity index is 1.03. The van der Waals surface area contributed by atoms with E-state index < -0.39 is 52.5 Å². The van der Waals surface area contributed by atoms with E-state index >= 15 is 17.6 Å². The molecule has 2 saturated heterocycles. The molecule has 0 aromatic carbocycles. The van der Waals surface area contributed by atoms with Crippen molar-refractivity contribution < 1.29 is 51.1 Å². The SMILES string of the molecule is CCC1(COC2CC3(F)CC2(F)CCC3OCC(CC)(CO)COC2CC3(F)CC2(F)CCC3OCC2(CC)COC2)COC1. The lowest BCUT2D eigenvalue weighted by atomic mass is 9.81. The molecular formula is C34H54F4O7. The van der Waals surface area contributed by atoms with Crippen molar-refractivity contribution in [3.63, 3.8) is 0 Å². The van der Waals surface area contributed by atoms with E-state index in [9.17, 15) is 5.11 Å². The highest BCUT2D eigenvalue weighted by Crippen LogP contribution is 2.57. The Morgan fingerprint density at radius 3 is 1.47 bits per heavy atom. The van der Waals surface area contributed by atoms with Crippen LogP contribution < -0.4 is 0 Å². The van der Waals surface area contributed by atoms with Crippen LogP contribution in [0.2, 0.25) is 0 Å². The van der Waals surface area contributed by atoms with E-state index in [0.29, 0.717) is 46.1 Å². The van der Waals surface area contributed by atoms with Gasteiger partial charge in [-0.3, -0.25) is 0 Å². The molecule has 260 valence electrons. The summed E-state index contributed by atoms with van der Waals surface area (Å²) in [7, 11) is 0. The first kappa shape index (κ1) is 34.3. The molecule has 4 aliphatic carbocycles. The Morgan fingerprint density at radius 2 is 1.07 bits per heavy atom. The molecule has 1 N–H and O–H groups in total. The van der Waals surface area contributed by atoms with Crippen LogP contribution in [0.1, 0.15) is 91.4 Å². The van der Waals surface area contributed by atoms with Gasteiger partial charge in [0.15, 0.2) is 0 Å². The third kappa shape index (κ3) is 6.23. The first-order chi connectivity index (χ1) is 21.3. The Morgan fingerprint density at radius 1 is 0.644 bits per heavy atom. The molecule has 9 atom stereocenters. The summed E-state index contributed by atoms with van der Waals surface area (Å²) < 4.78 is 99.5. The number of hydrogen-bond acceptors (Lipinski definition) is 7. The molecule has 2 heterocycles. The van der Waals surface area contributed by atoms with Crippen LogP contribution in [-0.4, -0.2) is 112 Å². The number of aliphatic hydroxyl groups excluding tert-OH is 1. The van der Waals surface area contributed by atoms with E-state index in [-0.39, 0.29) is 82.0 Å². The van der Waals surface area contributed by atoms with Crippen molar-refractivity contribution in [2.24, 2.45) is 16.2 Å². The van der Waals surface area contributed by atoms with Crippen LogP contribution >= 0.6 is 0 Å². The fourth-order valence-electron chi connectivity index (χ4n) is 8.58.